The normalized spacial score (nSPS) is 11.6. The summed E-state index contributed by atoms with van der Waals surface area (Å²) in [5, 5.41) is 11.6. The van der Waals surface area contributed by atoms with Gasteiger partial charge in [0.2, 0.25) is 0 Å². The minimum Gasteiger partial charge on any atom is -0.494 e. The van der Waals surface area contributed by atoms with Crippen LogP contribution < -0.4 is 0 Å². The molecule has 4 rings (SSSR count). The highest BCUT2D eigenvalue weighted by atomic mass is 16.3. The van der Waals surface area contributed by atoms with Gasteiger partial charge < -0.3 is 15.0 Å². The van der Waals surface area contributed by atoms with E-state index in [1.807, 2.05) is 73.7 Å². The number of nitrogens with zero attached hydrogens (tertiary/aromatic N) is 2. The molecule has 0 saturated heterocycles. The Hall–Kier alpha value is -3.86. The fourth-order valence-electron chi connectivity index (χ4n) is 3.41. The largest absolute Gasteiger partial charge is 0.494 e. The number of fused-ring (bicyclic) bond motifs is 1. The number of aromatic nitrogens is 1. The summed E-state index contributed by atoms with van der Waals surface area (Å²) in [6, 6.07) is 24.8. The smallest absolute Gasteiger partial charge is 0.253 e. The molecule has 1 amide bonds. The Morgan fingerprint density at radius 1 is 0.967 bits per heavy atom. The maximum Gasteiger partial charge on any atom is 0.253 e. The van der Waals surface area contributed by atoms with Gasteiger partial charge in [0.15, 0.2) is 5.88 Å². The Morgan fingerprint density at radius 3 is 2.30 bits per heavy atom. The van der Waals surface area contributed by atoms with Crippen molar-refractivity contribution in [3.8, 4) is 5.88 Å². The number of para-hydroxylation sites is 1. The van der Waals surface area contributed by atoms with Gasteiger partial charge in [0.05, 0.1) is 17.0 Å². The molecule has 4 aromatic rings. The van der Waals surface area contributed by atoms with Gasteiger partial charge in [-0.15, -0.1) is 0 Å². The Balaban J connectivity index is 1.89. The molecule has 2 N–H and O–H groups in total. The van der Waals surface area contributed by atoms with Crippen LogP contribution in [0.15, 0.2) is 83.9 Å². The highest BCUT2D eigenvalue weighted by Crippen LogP contribution is 2.32. The third-order valence-corrected chi connectivity index (χ3v) is 5.13. The molecule has 0 radical (unpaired) electrons. The number of hydrogen-bond donors (Lipinski definition) is 2. The molecule has 0 saturated carbocycles. The van der Waals surface area contributed by atoms with Crippen molar-refractivity contribution in [2.24, 2.45) is 4.99 Å². The predicted octanol–water partition coefficient (Wildman–Crippen LogP) is 5.13. The number of nitrogens with one attached hydrogen (secondary N) is 1. The fraction of sp³-hybridized carbons (Fsp3) is 0.120. The average Bonchev–Trinajstić information content (AvgIpc) is 3.12. The van der Waals surface area contributed by atoms with Gasteiger partial charge in [0.25, 0.3) is 5.91 Å². The van der Waals surface area contributed by atoms with Crippen molar-refractivity contribution < 1.29 is 9.90 Å². The van der Waals surface area contributed by atoms with Crippen molar-refractivity contribution in [2.75, 3.05) is 13.6 Å². The maximum atomic E-state index is 12.5. The number of hydrogen-bond acceptors (Lipinski definition) is 3. The lowest BCUT2D eigenvalue weighted by molar-refractivity contribution is 0.0802. The molecule has 0 unspecified atom stereocenters. The van der Waals surface area contributed by atoms with Gasteiger partial charge in [-0.25, -0.2) is 4.99 Å². The number of benzene rings is 3. The van der Waals surface area contributed by atoms with Gasteiger partial charge in [-0.2, -0.15) is 0 Å². The SMILES string of the molecule is CCN(C)C(=O)c1ccc2c(C(=Nc3ccccc3)c3ccccc3)c(O)[nH]c2c1. The van der Waals surface area contributed by atoms with Gasteiger partial charge in [-0.05, 0) is 31.2 Å². The summed E-state index contributed by atoms with van der Waals surface area (Å²) in [5.74, 6) is -0.0340. The molecule has 0 aliphatic carbocycles. The van der Waals surface area contributed by atoms with Gasteiger partial charge >= 0.3 is 0 Å². The van der Waals surface area contributed by atoms with E-state index in [1.54, 1.807) is 24.1 Å². The van der Waals surface area contributed by atoms with Crippen LogP contribution in [0.25, 0.3) is 10.9 Å². The van der Waals surface area contributed by atoms with E-state index < -0.39 is 0 Å². The van der Waals surface area contributed by atoms with E-state index in [0.29, 0.717) is 28.9 Å². The van der Waals surface area contributed by atoms with Crippen LogP contribution in [0.5, 0.6) is 5.88 Å². The van der Waals surface area contributed by atoms with Gasteiger partial charge in [-0.1, -0.05) is 54.6 Å². The van der Waals surface area contributed by atoms with Crippen molar-refractivity contribution in [1.82, 2.24) is 9.88 Å². The van der Waals surface area contributed by atoms with Gasteiger partial charge in [-0.3, -0.25) is 4.79 Å². The Bertz CT molecular complexity index is 1210. The van der Waals surface area contributed by atoms with E-state index in [1.165, 1.54) is 0 Å². The Labute approximate surface area is 175 Å². The minimum absolute atomic E-state index is 0.0250. The zero-order valence-corrected chi connectivity index (χ0v) is 17.0. The maximum absolute atomic E-state index is 12.5. The van der Waals surface area contributed by atoms with Crippen molar-refractivity contribution in [1.29, 1.82) is 0 Å². The zero-order valence-electron chi connectivity index (χ0n) is 17.0. The molecule has 0 bridgehead atoms. The van der Waals surface area contributed by atoms with E-state index in [0.717, 1.165) is 16.6 Å². The van der Waals surface area contributed by atoms with Gasteiger partial charge in [0, 0.05) is 35.6 Å². The first-order chi connectivity index (χ1) is 14.6. The molecule has 0 atom stereocenters. The van der Waals surface area contributed by atoms with E-state index in [9.17, 15) is 9.90 Å². The molecule has 150 valence electrons. The third-order valence-electron chi connectivity index (χ3n) is 5.13. The van der Waals surface area contributed by atoms with E-state index in [-0.39, 0.29) is 11.8 Å². The average molecular weight is 397 g/mol. The van der Waals surface area contributed by atoms with E-state index >= 15 is 0 Å². The van der Waals surface area contributed by atoms with Crippen molar-refractivity contribution >= 4 is 28.2 Å². The lowest BCUT2D eigenvalue weighted by Crippen LogP contribution is -2.26. The first-order valence-electron chi connectivity index (χ1n) is 9.88. The second kappa shape index (κ2) is 8.25. The summed E-state index contributed by atoms with van der Waals surface area (Å²) >= 11 is 0. The standard InChI is InChI=1S/C25H23N3O2/c1-3-28(2)25(30)18-14-15-20-21(16-18)27-24(29)22(20)23(17-10-6-4-7-11-17)26-19-12-8-5-9-13-19/h4-16,27,29H,3H2,1-2H3. The molecule has 1 aromatic heterocycles. The van der Waals surface area contributed by atoms with Crippen LogP contribution in [-0.4, -0.2) is 40.2 Å². The number of H-pyrrole nitrogens is 1. The summed E-state index contributed by atoms with van der Waals surface area (Å²) in [6.45, 7) is 2.56. The van der Waals surface area contributed by atoms with Crippen LogP contribution >= 0.6 is 0 Å². The van der Waals surface area contributed by atoms with Crippen LogP contribution in [0, 0.1) is 0 Å². The molecule has 5 heteroatoms. The molecule has 0 fully saturated rings. The number of carbonyl (C=O) groups excluding carboxylic acids is 1. The lowest BCUT2D eigenvalue weighted by atomic mass is 10.00. The fourth-order valence-corrected chi connectivity index (χ4v) is 3.41. The van der Waals surface area contributed by atoms with Crippen LogP contribution in [0.4, 0.5) is 5.69 Å². The number of amides is 1. The monoisotopic (exact) mass is 397 g/mol. The Morgan fingerprint density at radius 2 is 1.63 bits per heavy atom. The van der Waals surface area contributed by atoms with Crippen molar-refractivity contribution in [2.45, 2.75) is 6.92 Å². The van der Waals surface area contributed by atoms with E-state index in [2.05, 4.69) is 4.98 Å². The molecular weight excluding hydrogens is 374 g/mol. The summed E-state index contributed by atoms with van der Waals surface area (Å²) in [7, 11) is 1.77. The van der Waals surface area contributed by atoms with Crippen LogP contribution in [0.2, 0.25) is 0 Å². The number of aromatic hydroxyl groups is 1. The molecule has 3 aromatic carbocycles. The van der Waals surface area contributed by atoms with Crippen LogP contribution in [0.3, 0.4) is 0 Å². The van der Waals surface area contributed by atoms with E-state index in [4.69, 9.17) is 4.99 Å². The summed E-state index contributed by atoms with van der Waals surface area (Å²) in [4.78, 5) is 22.0. The number of carbonyl (C=O) groups is 1. The second-order valence-corrected chi connectivity index (χ2v) is 7.09. The van der Waals surface area contributed by atoms with Crippen molar-refractivity contribution in [3.05, 3.63) is 95.6 Å². The zero-order chi connectivity index (χ0) is 21.1. The molecule has 0 spiro atoms. The lowest BCUT2D eigenvalue weighted by Gasteiger charge is -2.14. The highest BCUT2D eigenvalue weighted by Gasteiger charge is 2.20. The number of aromatic amines is 1. The quantitative estimate of drug-likeness (QED) is 0.458. The molecule has 1 heterocycles. The summed E-state index contributed by atoms with van der Waals surface area (Å²) in [6.07, 6.45) is 0. The van der Waals surface area contributed by atoms with Crippen LogP contribution in [-0.2, 0) is 0 Å². The van der Waals surface area contributed by atoms with Crippen LogP contribution in [0.1, 0.15) is 28.4 Å². The first-order valence-corrected chi connectivity index (χ1v) is 9.88. The molecule has 5 nitrogen and oxygen atoms in total. The van der Waals surface area contributed by atoms with Crippen molar-refractivity contribution in [3.63, 3.8) is 0 Å². The number of rotatable bonds is 5. The Kier molecular flexibility index (Phi) is 5.35. The number of aliphatic imine (C=N–C) groups is 1. The molecule has 30 heavy (non-hydrogen) atoms. The predicted molar refractivity (Wildman–Crippen MR) is 121 cm³/mol. The second-order valence-electron chi connectivity index (χ2n) is 7.09. The summed E-state index contributed by atoms with van der Waals surface area (Å²) < 4.78 is 0. The summed E-state index contributed by atoms with van der Waals surface area (Å²) in [5.41, 5.74) is 4.22. The molecule has 0 aliphatic heterocycles. The first kappa shape index (κ1) is 19.5. The highest BCUT2D eigenvalue weighted by molar-refractivity contribution is 6.22. The molecule has 0 aliphatic rings. The topological polar surface area (TPSA) is 68.7 Å². The molecular formula is C25H23N3O2. The van der Waals surface area contributed by atoms with Gasteiger partial charge in [0.1, 0.15) is 0 Å². The third kappa shape index (κ3) is 3.70. The minimum atomic E-state index is -0.0590.